The third-order valence-electron chi connectivity index (χ3n) is 6.46. The van der Waals surface area contributed by atoms with Crippen molar-refractivity contribution in [2.24, 2.45) is 0 Å². The van der Waals surface area contributed by atoms with Crippen LogP contribution in [-0.2, 0) is 20.4 Å². The Hall–Kier alpha value is -2.51. The smallest absolute Gasteiger partial charge is 0.246 e. The summed E-state index contributed by atoms with van der Waals surface area (Å²) in [6.07, 6.45) is 0.267. The summed E-state index contributed by atoms with van der Waals surface area (Å²) in [7, 11) is -4.02. The van der Waals surface area contributed by atoms with Crippen LogP contribution in [0.25, 0.3) is 0 Å². The average Bonchev–Trinajstić information content (AvgIpc) is 3.23. The van der Waals surface area contributed by atoms with Gasteiger partial charge in [-0.15, -0.1) is 0 Å². The number of aryl methyl sites for hydroxylation is 1. The number of nitrogens with zero attached hydrogens (tertiary/aromatic N) is 1. The minimum absolute atomic E-state index is 0.145. The van der Waals surface area contributed by atoms with Crippen LogP contribution in [0, 0.1) is 6.92 Å². The van der Waals surface area contributed by atoms with Crippen molar-refractivity contribution >= 4 is 10.0 Å². The van der Waals surface area contributed by atoms with E-state index in [2.05, 4.69) is 0 Å². The lowest BCUT2D eigenvalue weighted by Crippen LogP contribution is -2.60. The molecule has 6 heteroatoms. The van der Waals surface area contributed by atoms with Crippen LogP contribution in [-0.4, -0.2) is 30.2 Å². The molecule has 3 atom stereocenters. The van der Waals surface area contributed by atoms with Crippen molar-refractivity contribution in [3.05, 3.63) is 102 Å². The molecule has 1 aliphatic heterocycles. The lowest BCUT2D eigenvalue weighted by atomic mass is 9.83. The highest BCUT2D eigenvalue weighted by Crippen LogP contribution is 2.51. The van der Waals surface area contributed by atoms with Gasteiger partial charge in [0.2, 0.25) is 10.0 Å². The maximum Gasteiger partial charge on any atom is 0.246 e. The third kappa shape index (κ3) is 3.57. The van der Waals surface area contributed by atoms with Crippen LogP contribution in [0.15, 0.2) is 89.8 Å². The first-order valence-corrected chi connectivity index (χ1v) is 12.3. The fourth-order valence-corrected chi connectivity index (χ4v) is 6.61. The van der Waals surface area contributed by atoms with E-state index in [0.29, 0.717) is 5.56 Å². The van der Waals surface area contributed by atoms with E-state index in [4.69, 9.17) is 4.74 Å². The van der Waals surface area contributed by atoms with Crippen molar-refractivity contribution in [3.63, 3.8) is 0 Å². The summed E-state index contributed by atoms with van der Waals surface area (Å²) in [5, 5.41) is 11.9. The molecule has 32 heavy (non-hydrogen) atoms. The Labute approximate surface area is 190 Å². The fourth-order valence-electron chi connectivity index (χ4n) is 4.64. The number of hydrogen-bond donors (Lipinski definition) is 1. The summed E-state index contributed by atoms with van der Waals surface area (Å²) < 4.78 is 35.9. The quantitative estimate of drug-likeness (QED) is 0.586. The van der Waals surface area contributed by atoms with Crippen LogP contribution >= 0.6 is 0 Å². The number of hydrogen-bond acceptors (Lipinski definition) is 4. The topological polar surface area (TPSA) is 66.8 Å². The minimum atomic E-state index is -4.02. The number of sulfonamides is 1. The number of ether oxygens (including phenoxy) is 1. The molecule has 1 aliphatic rings. The Balaban J connectivity index is 1.94. The molecule has 1 N–H and O–H groups in total. The van der Waals surface area contributed by atoms with E-state index in [-0.39, 0.29) is 17.9 Å². The molecule has 0 unspecified atom stereocenters. The number of benzene rings is 3. The van der Waals surface area contributed by atoms with E-state index < -0.39 is 27.4 Å². The van der Waals surface area contributed by atoms with Gasteiger partial charge in [0.05, 0.1) is 17.5 Å². The van der Waals surface area contributed by atoms with Gasteiger partial charge in [0, 0.05) is 0 Å². The number of aliphatic hydroxyl groups is 1. The zero-order valence-corrected chi connectivity index (χ0v) is 19.4. The van der Waals surface area contributed by atoms with Gasteiger partial charge in [-0.2, -0.15) is 4.31 Å². The summed E-state index contributed by atoms with van der Waals surface area (Å²) in [4.78, 5) is 0.177. The van der Waals surface area contributed by atoms with Gasteiger partial charge in [-0.1, -0.05) is 85.3 Å². The van der Waals surface area contributed by atoms with Crippen LogP contribution < -0.4 is 0 Å². The van der Waals surface area contributed by atoms with Gasteiger partial charge in [-0.05, 0) is 43.5 Å². The summed E-state index contributed by atoms with van der Waals surface area (Å²) >= 11 is 0. The third-order valence-corrected chi connectivity index (χ3v) is 8.39. The minimum Gasteiger partial charge on any atom is -0.381 e. The van der Waals surface area contributed by atoms with E-state index in [1.165, 1.54) is 4.31 Å². The van der Waals surface area contributed by atoms with Crippen molar-refractivity contribution in [1.29, 1.82) is 0 Å². The molecule has 1 heterocycles. The lowest BCUT2D eigenvalue weighted by Gasteiger charge is -2.47. The Morgan fingerprint density at radius 1 is 1.00 bits per heavy atom. The Morgan fingerprint density at radius 3 is 2.12 bits per heavy atom. The van der Waals surface area contributed by atoms with Crippen LogP contribution in [0.5, 0.6) is 0 Å². The monoisotopic (exact) mass is 451 g/mol. The van der Waals surface area contributed by atoms with Crippen molar-refractivity contribution in [2.75, 3.05) is 6.61 Å². The molecule has 0 bridgehead atoms. The molecule has 3 aromatic rings. The highest BCUT2D eigenvalue weighted by atomic mass is 32.2. The molecular formula is C26H29NO4S. The molecule has 0 aliphatic carbocycles. The van der Waals surface area contributed by atoms with Gasteiger partial charge in [0.25, 0.3) is 0 Å². The first-order valence-electron chi connectivity index (χ1n) is 10.8. The molecule has 0 radical (unpaired) electrons. The van der Waals surface area contributed by atoms with Crippen LogP contribution in [0.1, 0.15) is 43.0 Å². The standard InChI is InChI=1S/C26H29NO4S/c1-4-26(25(3,28)22-13-9-6-10-14-22)27(24(19-31-26)21-11-7-5-8-12-21)32(29,30)23-17-15-20(2)16-18-23/h5-18,24,28H,4,19H2,1-3H3/t24-,25-,26-/m0/s1. The molecular weight excluding hydrogens is 422 g/mol. The maximum absolute atomic E-state index is 14.1. The SMILES string of the molecule is CC[C@@]1([C@@](C)(O)c2ccccc2)OC[C@@H](c2ccccc2)N1S(=O)(=O)c1ccc(C)cc1. The largest absolute Gasteiger partial charge is 0.381 e. The lowest BCUT2D eigenvalue weighted by molar-refractivity contribution is -0.198. The highest BCUT2D eigenvalue weighted by Gasteiger charge is 2.62. The van der Waals surface area contributed by atoms with Crippen molar-refractivity contribution in [2.45, 2.75) is 49.5 Å². The number of rotatable bonds is 6. The molecule has 0 aromatic heterocycles. The first-order chi connectivity index (χ1) is 15.2. The molecule has 5 nitrogen and oxygen atoms in total. The van der Waals surface area contributed by atoms with E-state index >= 15 is 0 Å². The van der Waals surface area contributed by atoms with Gasteiger partial charge in [0.1, 0.15) is 5.60 Å². The molecule has 0 saturated carbocycles. The Morgan fingerprint density at radius 2 is 1.56 bits per heavy atom. The Bertz CT molecular complexity index is 1160. The molecule has 168 valence electrons. The van der Waals surface area contributed by atoms with Crippen molar-refractivity contribution in [3.8, 4) is 0 Å². The van der Waals surface area contributed by atoms with Crippen molar-refractivity contribution < 1.29 is 18.3 Å². The van der Waals surface area contributed by atoms with Crippen LogP contribution in [0.4, 0.5) is 0 Å². The van der Waals surface area contributed by atoms with E-state index in [1.54, 1.807) is 43.3 Å². The van der Waals surface area contributed by atoms with E-state index in [1.807, 2.05) is 62.4 Å². The van der Waals surface area contributed by atoms with Gasteiger partial charge in [-0.25, -0.2) is 8.42 Å². The predicted molar refractivity (Wildman–Crippen MR) is 124 cm³/mol. The second-order valence-corrected chi connectivity index (χ2v) is 10.2. The average molecular weight is 452 g/mol. The summed E-state index contributed by atoms with van der Waals surface area (Å²) in [5.74, 6) is 0. The normalized spacial score (nSPS) is 23.7. The maximum atomic E-state index is 14.1. The summed E-state index contributed by atoms with van der Waals surface area (Å²) in [5.41, 5.74) is -0.690. The molecule has 0 spiro atoms. The highest BCUT2D eigenvalue weighted by molar-refractivity contribution is 7.89. The molecule has 1 fully saturated rings. The van der Waals surface area contributed by atoms with Crippen molar-refractivity contribution in [1.82, 2.24) is 4.31 Å². The summed E-state index contributed by atoms with van der Waals surface area (Å²) in [6.45, 7) is 5.55. The molecule has 4 rings (SSSR count). The predicted octanol–water partition coefficient (Wildman–Crippen LogP) is 4.77. The second kappa shape index (κ2) is 8.45. The molecule has 0 amide bonds. The zero-order chi connectivity index (χ0) is 23.0. The fraction of sp³-hybridized carbons (Fsp3) is 0.308. The Kier molecular flexibility index (Phi) is 5.98. The van der Waals surface area contributed by atoms with E-state index in [9.17, 15) is 13.5 Å². The molecule has 3 aromatic carbocycles. The molecule has 1 saturated heterocycles. The first kappa shape index (κ1) is 22.7. The van der Waals surface area contributed by atoms with Gasteiger partial charge >= 0.3 is 0 Å². The summed E-state index contributed by atoms with van der Waals surface area (Å²) in [6, 6.07) is 24.8. The van der Waals surface area contributed by atoms with Crippen LogP contribution in [0.3, 0.4) is 0 Å². The van der Waals surface area contributed by atoms with E-state index in [0.717, 1.165) is 11.1 Å². The van der Waals surface area contributed by atoms with Crippen LogP contribution in [0.2, 0.25) is 0 Å². The van der Waals surface area contributed by atoms with Gasteiger partial charge in [-0.3, -0.25) is 0 Å². The second-order valence-electron chi connectivity index (χ2n) is 8.43. The zero-order valence-electron chi connectivity index (χ0n) is 18.6. The van der Waals surface area contributed by atoms with Gasteiger partial charge in [0.15, 0.2) is 5.72 Å². The van der Waals surface area contributed by atoms with Gasteiger partial charge < -0.3 is 9.84 Å².